The summed E-state index contributed by atoms with van der Waals surface area (Å²) in [6.45, 7) is 0. The van der Waals surface area contributed by atoms with Crippen LogP contribution in [0.5, 0.6) is 0 Å². The molecule has 0 aromatic carbocycles. The Bertz CT molecular complexity index is 125. The molecule has 0 amide bonds. The largest absolute Gasteiger partial charge is 0.305 e. The molecule has 0 aliphatic heterocycles. The van der Waals surface area contributed by atoms with Crippen LogP contribution in [0.25, 0.3) is 0 Å². The smallest absolute Gasteiger partial charge is 0.163 e. The maximum Gasteiger partial charge on any atom is 0.163 e. The van der Waals surface area contributed by atoms with Gasteiger partial charge in [0.15, 0.2) is 8.73 Å². The predicted molar refractivity (Wildman–Crippen MR) is 74.9 cm³/mol. The number of hydrogen-bond donors (Lipinski definition) is 1. The molecule has 0 aliphatic rings. The van der Waals surface area contributed by atoms with Gasteiger partial charge in [0.05, 0.1) is 0 Å². The van der Waals surface area contributed by atoms with E-state index in [0.717, 1.165) is 0 Å². The van der Waals surface area contributed by atoms with Gasteiger partial charge in [0.2, 0.25) is 0 Å². The van der Waals surface area contributed by atoms with Gasteiger partial charge in [-0.3, -0.25) is 0 Å². The minimum atomic E-state index is -0.802. The first-order chi connectivity index (χ1) is 4.50. The Labute approximate surface area is 124 Å². The predicted octanol–water partition coefficient (Wildman–Crippen LogP) is 4.71. The Hall–Kier alpha value is 3.32. The Morgan fingerprint density at radius 3 is 1.00 bits per heavy atom. The summed E-state index contributed by atoms with van der Waals surface area (Å²) in [5.74, 6) is 0. The van der Waals surface area contributed by atoms with Crippen molar-refractivity contribution in [1.82, 2.24) is 0 Å². The molecule has 0 aliphatic carbocycles. The van der Waals surface area contributed by atoms with Crippen LogP contribution < -0.4 is 5.73 Å². The quantitative estimate of drug-likeness (QED) is 0.338. The van der Waals surface area contributed by atoms with Gasteiger partial charge < -0.3 is 5.73 Å². The molecule has 0 aromatic heterocycles. The second-order valence-corrected chi connectivity index (χ2v) is 15.5. The molecule has 68 valence electrons. The highest BCUT2D eigenvalue weighted by Gasteiger charge is 2.54. The first kappa shape index (κ1) is 14.3. The van der Waals surface area contributed by atoms with Crippen LogP contribution in [0.15, 0.2) is 0 Å². The van der Waals surface area contributed by atoms with Gasteiger partial charge in [0, 0.05) is 0 Å². The fourth-order valence-electron chi connectivity index (χ4n) is 0.189. The normalized spacial score (nSPS) is 15.3. The van der Waals surface area contributed by atoms with Crippen LogP contribution in [0.2, 0.25) is 0 Å². The fraction of sp³-hybridized carbons (Fsp3) is 1.00. The summed E-state index contributed by atoms with van der Waals surface area (Å²) >= 11 is 23.3. The molecular formula is C3H2Br7N. The molecule has 0 radical (unpaired) electrons. The van der Waals surface area contributed by atoms with Crippen molar-refractivity contribution in [3.05, 3.63) is 0 Å². The molecule has 0 atom stereocenters. The number of nitrogens with two attached hydrogens (primary N) is 1. The van der Waals surface area contributed by atoms with E-state index in [9.17, 15) is 0 Å². The molecular weight excluding hydrogens is 609 g/mol. The second-order valence-electron chi connectivity index (χ2n) is 1.70. The first-order valence-corrected chi connectivity index (χ1v) is 7.66. The molecule has 1 nitrogen and oxygen atoms in total. The lowest BCUT2D eigenvalue weighted by Gasteiger charge is -2.37. The number of rotatable bonds is 1. The van der Waals surface area contributed by atoms with Gasteiger partial charge in [-0.1, -0.05) is 112 Å². The topological polar surface area (TPSA) is 26.0 Å². The Balaban J connectivity index is 4.75. The lowest BCUT2D eigenvalue weighted by atomic mass is 10.5. The molecule has 2 N–H and O–H groups in total. The zero-order valence-electron chi connectivity index (χ0n) is 4.72. The third kappa shape index (κ3) is 3.76. The molecule has 0 fully saturated rings. The minimum absolute atomic E-state index is 0.568. The lowest BCUT2D eigenvalue weighted by Crippen LogP contribution is -2.50. The SMILES string of the molecule is NC(Br)(Br)C(Br)(Br)C(Br)(Br)Br. The molecule has 0 rings (SSSR count). The standard InChI is InChI=1S/C3H2Br7N/c4-1(5,2(6,7)8)3(9,10)11/h11H2. The van der Waals surface area contributed by atoms with E-state index in [2.05, 4.69) is 112 Å². The van der Waals surface area contributed by atoms with E-state index >= 15 is 0 Å². The highest BCUT2D eigenvalue weighted by Crippen LogP contribution is 2.60. The van der Waals surface area contributed by atoms with Gasteiger partial charge in [-0.15, -0.1) is 0 Å². The summed E-state index contributed by atoms with van der Waals surface area (Å²) in [7, 11) is 0. The molecule has 0 bridgehead atoms. The third-order valence-electron chi connectivity index (χ3n) is 0.775. The third-order valence-corrected chi connectivity index (χ3v) is 11.5. The van der Waals surface area contributed by atoms with E-state index < -0.39 is 8.73 Å². The van der Waals surface area contributed by atoms with Gasteiger partial charge in [-0.2, -0.15) is 0 Å². The van der Waals surface area contributed by atoms with Gasteiger partial charge in [0.1, 0.15) is 0 Å². The maximum absolute atomic E-state index is 5.75. The monoisotopic (exact) mass is 604 g/mol. The first-order valence-electron chi connectivity index (χ1n) is 2.11. The van der Waals surface area contributed by atoms with Gasteiger partial charge in [-0.25, -0.2) is 0 Å². The Morgan fingerprint density at radius 1 is 0.727 bits per heavy atom. The van der Waals surface area contributed by atoms with E-state index in [4.69, 9.17) is 5.73 Å². The van der Waals surface area contributed by atoms with Crippen LogP contribution in [-0.4, -0.2) is 8.73 Å². The Kier molecular flexibility index (Phi) is 5.79. The number of halogens is 7. The maximum atomic E-state index is 5.75. The molecule has 0 aromatic rings. The van der Waals surface area contributed by atoms with Crippen molar-refractivity contribution in [2.75, 3.05) is 0 Å². The number of hydrogen-bond acceptors (Lipinski definition) is 1. The molecule has 0 spiro atoms. The lowest BCUT2D eigenvalue weighted by molar-refractivity contribution is 0.816. The van der Waals surface area contributed by atoms with Gasteiger partial charge >= 0.3 is 0 Å². The van der Waals surface area contributed by atoms with Crippen molar-refractivity contribution in [1.29, 1.82) is 0 Å². The molecule has 0 saturated carbocycles. The second kappa shape index (κ2) is 4.45. The average Bonchev–Trinajstić information content (AvgIpc) is 1.58. The Morgan fingerprint density at radius 2 is 1.00 bits per heavy atom. The molecule has 0 heterocycles. The summed E-state index contributed by atoms with van der Waals surface area (Å²) in [6, 6.07) is 0. The zero-order valence-corrected chi connectivity index (χ0v) is 15.8. The van der Waals surface area contributed by atoms with Crippen molar-refractivity contribution in [2.24, 2.45) is 5.73 Å². The summed E-state index contributed by atoms with van der Waals surface area (Å²) in [4.78, 5) is 0. The van der Waals surface area contributed by atoms with Crippen molar-refractivity contribution in [3.63, 3.8) is 0 Å². The molecule has 11 heavy (non-hydrogen) atoms. The fourth-order valence-corrected chi connectivity index (χ4v) is 3.32. The van der Waals surface area contributed by atoms with E-state index in [1.54, 1.807) is 0 Å². The zero-order chi connectivity index (χ0) is 9.50. The highest BCUT2D eigenvalue weighted by atomic mass is 80.0. The van der Waals surface area contributed by atoms with E-state index in [1.165, 1.54) is 0 Å². The van der Waals surface area contributed by atoms with Crippen molar-refractivity contribution in [3.8, 4) is 0 Å². The summed E-state index contributed by atoms with van der Waals surface area (Å²) < 4.78 is -2.01. The van der Waals surface area contributed by atoms with E-state index in [-0.39, 0.29) is 0 Å². The minimum Gasteiger partial charge on any atom is -0.305 e. The highest BCUT2D eigenvalue weighted by molar-refractivity contribution is 9.42. The van der Waals surface area contributed by atoms with Crippen LogP contribution >= 0.6 is 112 Å². The summed E-state index contributed by atoms with van der Waals surface area (Å²) in [5.41, 5.74) is 5.75. The van der Waals surface area contributed by atoms with Crippen LogP contribution in [0.1, 0.15) is 0 Å². The van der Waals surface area contributed by atoms with Crippen LogP contribution in [0, 0.1) is 0 Å². The van der Waals surface area contributed by atoms with E-state index in [0.29, 0.717) is 0 Å². The summed E-state index contributed by atoms with van der Waals surface area (Å²) in [6.07, 6.45) is 0. The summed E-state index contributed by atoms with van der Waals surface area (Å²) in [5, 5.41) is 0. The number of alkyl halides is 7. The van der Waals surface area contributed by atoms with Gasteiger partial charge in [-0.05, 0) is 0 Å². The van der Waals surface area contributed by atoms with Crippen molar-refractivity contribution in [2.45, 2.75) is 8.73 Å². The molecule has 8 heteroatoms. The molecule has 0 saturated heterocycles. The van der Waals surface area contributed by atoms with Crippen molar-refractivity contribution >= 4 is 112 Å². The average molecular weight is 611 g/mol. The van der Waals surface area contributed by atoms with Crippen LogP contribution in [0.3, 0.4) is 0 Å². The van der Waals surface area contributed by atoms with Crippen molar-refractivity contribution < 1.29 is 0 Å². The van der Waals surface area contributed by atoms with Gasteiger partial charge in [0.25, 0.3) is 0 Å². The van der Waals surface area contributed by atoms with Crippen LogP contribution in [0.4, 0.5) is 0 Å². The van der Waals surface area contributed by atoms with Crippen LogP contribution in [-0.2, 0) is 0 Å². The molecule has 0 unspecified atom stereocenters. The van der Waals surface area contributed by atoms with E-state index in [1.807, 2.05) is 0 Å².